The second kappa shape index (κ2) is 5.31. The van der Waals surface area contributed by atoms with Crippen LogP contribution < -0.4 is 16.6 Å². The van der Waals surface area contributed by atoms with Crippen molar-refractivity contribution in [3.05, 3.63) is 18.2 Å². The molecule has 1 aromatic carbocycles. The van der Waals surface area contributed by atoms with Crippen molar-refractivity contribution in [2.75, 3.05) is 17.7 Å². The third-order valence-corrected chi connectivity index (χ3v) is 2.31. The van der Waals surface area contributed by atoms with E-state index in [1.165, 1.54) is 18.2 Å². The molecule has 0 spiro atoms. The molecule has 0 amide bonds. The van der Waals surface area contributed by atoms with Crippen LogP contribution in [0.1, 0.15) is 0 Å². The Balaban J connectivity index is 0.000000437. The highest BCUT2D eigenvalue weighted by Gasteiger charge is 2.11. The Morgan fingerprint density at radius 3 is 1.82 bits per heavy atom. The van der Waals surface area contributed by atoms with E-state index in [0.29, 0.717) is 11.9 Å². The molecule has 8 nitrogen and oxygen atoms in total. The lowest BCUT2D eigenvalue weighted by Gasteiger charge is -2.02. The predicted octanol–water partition coefficient (Wildman–Crippen LogP) is -0.998. The van der Waals surface area contributed by atoms with Gasteiger partial charge in [-0.15, -0.1) is 0 Å². The Morgan fingerprint density at radius 1 is 1.12 bits per heavy atom. The molecule has 0 unspecified atom stereocenters. The van der Waals surface area contributed by atoms with Crippen molar-refractivity contribution in [2.24, 2.45) is 5.14 Å². The largest absolute Gasteiger partial charge is 0.399 e. The molecule has 0 saturated carbocycles. The van der Waals surface area contributed by atoms with Crippen LogP contribution in [0.4, 0.5) is 11.4 Å². The molecule has 98 valence electrons. The summed E-state index contributed by atoms with van der Waals surface area (Å²) in [5.41, 5.74) is 11.1. The van der Waals surface area contributed by atoms with Crippen LogP contribution in [0, 0.1) is 0 Å². The van der Waals surface area contributed by atoms with E-state index in [2.05, 4.69) is 0 Å². The molecule has 0 radical (unpaired) electrons. The summed E-state index contributed by atoms with van der Waals surface area (Å²) in [7, 11) is -7.43. The summed E-state index contributed by atoms with van der Waals surface area (Å²) in [6.45, 7) is 0. The van der Waals surface area contributed by atoms with Crippen LogP contribution in [0.3, 0.4) is 0 Å². The van der Waals surface area contributed by atoms with Gasteiger partial charge in [0.25, 0.3) is 10.1 Å². The number of hydrogen-bond donors (Lipinski definition) is 4. The first-order chi connectivity index (χ1) is 7.41. The van der Waals surface area contributed by atoms with Gasteiger partial charge in [-0.2, -0.15) is 8.42 Å². The van der Waals surface area contributed by atoms with Crippen molar-refractivity contribution in [3.63, 3.8) is 0 Å². The number of hydrogen-bond acceptors (Lipinski definition) is 6. The third kappa shape index (κ3) is 7.52. The first kappa shape index (κ1) is 15.6. The molecule has 0 aromatic heterocycles. The first-order valence-electron chi connectivity index (χ1n) is 4.01. The second-order valence-electron chi connectivity index (χ2n) is 3.08. The van der Waals surface area contributed by atoms with Crippen molar-refractivity contribution in [2.45, 2.75) is 4.90 Å². The average Bonchev–Trinajstić information content (AvgIpc) is 2.04. The van der Waals surface area contributed by atoms with E-state index in [0.717, 1.165) is 0 Å². The highest BCUT2D eigenvalue weighted by Crippen LogP contribution is 2.19. The number of nitrogens with two attached hydrogens (primary N) is 3. The smallest absolute Gasteiger partial charge is 0.261 e. The minimum Gasteiger partial charge on any atom is -0.399 e. The maximum absolute atomic E-state index is 10.8. The first-order valence-corrected chi connectivity index (χ1v) is 7.41. The van der Waals surface area contributed by atoms with Crippen LogP contribution in [-0.4, -0.2) is 27.6 Å². The number of nitrogen functional groups attached to an aromatic ring is 2. The molecule has 1 rings (SSSR count). The van der Waals surface area contributed by atoms with Gasteiger partial charge in [0, 0.05) is 5.69 Å². The van der Waals surface area contributed by atoms with Crippen molar-refractivity contribution >= 4 is 31.5 Å². The molecule has 7 N–H and O–H groups in total. The fourth-order valence-corrected chi connectivity index (χ4v) is 1.49. The van der Waals surface area contributed by atoms with Gasteiger partial charge in [-0.1, -0.05) is 0 Å². The van der Waals surface area contributed by atoms with Gasteiger partial charge in [-0.05, 0) is 18.2 Å². The minimum absolute atomic E-state index is 0.103. The monoisotopic (exact) mass is 283 g/mol. The summed E-state index contributed by atoms with van der Waals surface area (Å²) in [6, 6.07) is 4.13. The molecule has 0 saturated heterocycles. The maximum Gasteiger partial charge on any atom is 0.261 e. The van der Waals surface area contributed by atoms with E-state index in [1.54, 1.807) is 0 Å². The van der Waals surface area contributed by atoms with Crippen LogP contribution in [0.5, 0.6) is 0 Å². The maximum atomic E-state index is 10.8. The molecule has 0 bridgehead atoms. The fraction of sp³-hybridized carbons (Fsp3) is 0.143. The SMILES string of the molecule is CS(=O)(=O)O.Nc1ccc(N)c(S(N)(=O)=O)c1. The van der Waals surface area contributed by atoms with E-state index in [1.807, 2.05) is 0 Å². The minimum atomic E-state index is -3.76. The van der Waals surface area contributed by atoms with Crippen LogP contribution >= 0.6 is 0 Å². The lowest BCUT2D eigenvalue weighted by Crippen LogP contribution is -2.14. The zero-order chi connectivity index (χ0) is 13.9. The highest BCUT2D eigenvalue weighted by molar-refractivity contribution is 7.89. The third-order valence-electron chi connectivity index (χ3n) is 1.34. The van der Waals surface area contributed by atoms with Crippen molar-refractivity contribution < 1.29 is 21.4 Å². The molecule has 0 atom stereocenters. The quantitative estimate of drug-likeness (QED) is 0.378. The highest BCUT2D eigenvalue weighted by atomic mass is 32.2. The van der Waals surface area contributed by atoms with E-state index in [9.17, 15) is 16.8 Å². The number of anilines is 2. The normalized spacial score (nSPS) is 11.5. The molecule has 1 aromatic rings. The van der Waals surface area contributed by atoms with Crippen molar-refractivity contribution in [1.29, 1.82) is 0 Å². The lowest BCUT2D eigenvalue weighted by molar-refractivity contribution is 0.490. The lowest BCUT2D eigenvalue weighted by atomic mass is 10.3. The predicted molar refractivity (Wildman–Crippen MR) is 64.1 cm³/mol. The molecular formula is C7H13N3O5S2. The van der Waals surface area contributed by atoms with E-state index in [4.69, 9.17) is 21.2 Å². The standard InChI is InChI=1S/C6H9N3O2S.CH4O3S/c7-4-1-2-5(8)6(3-4)12(9,10)11;1-5(2,3)4/h1-3H,7-8H2,(H2,9,10,11);1H3,(H,2,3,4). The number of benzene rings is 1. The Morgan fingerprint density at radius 2 is 1.53 bits per heavy atom. The Bertz CT molecular complexity index is 586. The van der Waals surface area contributed by atoms with Gasteiger partial charge in [0.05, 0.1) is 11.9 Å². The average molecular weight is 283 g/mol. The van der Waals surface area contributed by atoms with Gasteiger partial charge in [-0.3, -0.25) is 4.55 Å². The molecule has 17 heavy (non-hydrogen) atoms. The Kier molecular flexibility index (Phi) is 4.89. The summed E-state index contributed by atoms with van der Waals surface area (Å²) in [5, 5.41) is 4.86. The molecule has 0 heterocycles. The topological polar surface area (TPSA) is 167 Å². The summed E-state index contributed by atoms with van der Waals surface area (Å²) >= 11 is 0. The number of primary sulfonamides is 1. The van der Waals surface area contributed by atoms with Crippen LogP contribution in [0.25, 0.3) is 0 Å². The van der Waals surface area contributed by atoms with Crippen LogP contribution in [-0.2, 0) is 20.1 Å². The summed E-state index contributed by atoms with van der Waals surface area (Å²) < 4.78 is 47.6. The van der Waals surface area contributed by atoms with Crippen molar-refractivity contribution in [1.82, 2.24) is 0 Å². The zero-order valence-corrected chi connectivity index (χ0v) is 10.5. The fourth-order valence-electron chi connectivity index (χ4n) is 0.797. The van der Waals surface area contributed by atoms with E-state index >= 15 is 0 Å². The van der Waals surface area contributed by atoms with Crippen LogP contribution in [0.15, 0.2) is 23.1 Å². The molecule has 0 aliphatic rings. The van der Waals surface area contributed by atoms with Crippen molar-refractivity contribution in [3.8, 4) is 0 Å². The summed E-state index contributed by atoms with van der Waals surface area (Å²) in [4.78, 5) is -0.137. The van der Waals surface area contributed by atoms with E-state index in [-0.39, 0.29) is 10.6 Å². The van der Waals surface area contributed by atoms with E-state index < -0.39 is 20.1 Å². The van der Waals surface area contributed by atoms with Crippen LogP contribution in [0.2, 0.25) is 0 Å². The summed E-state index contributed by atoms with van der Waals surface area (Å²) in [6.07, 6.45) is 0.715. The molecule has 0 fully saturated rings. The summed E-state index contributed by atoms with van der Waals surface area (Å²) in [5.74, 6) is 0. The van der Waals surface area contributed by atoms with Gasteiger partial charge < -0.3 is 11.5 Å². The van der Waals surface area contributed by atoms with Gasteiger partial charge >= 0.3 is 0 Å². The van der Waals surface area contributed by atoms with Gasteiger partial charge in [0.15, 0.2) is 0 Å². The van der Waals surface area contributed by atoms with Gasteiger partial charge in [-0.25, -0.2) is 13.6 Å². The molecule has 0 aliphatic carbocycles. The molecular weight excluding hydrogens is 270 g/mol. The molecule has 10 heteroatoms. The molecule has 0 aliphatic heterocycles. The number of sulfonamides is 1. The number of rotatable bonds is 1. The zero-order valence-electron chi connectivity index (χ0n) is 8.86. The Hall–Kier alpha value is -1.36. The second-order valence-corrected chi connectivity index (χ2v) is 6.07. The van der Waals surface area contributed by atoms with Gasteiger partial charge in [0.1, 0.15) is 4.90 Å². The Labute approximate surface area is 99.2 Å². The van der Waals surface area contributed by atoms with Gasteiger partial charge in [0.2, 0.25) is 10.0 Å².